The Morgan fingerprint density at radius 2 is 2.19 bits per heavy atom. The van der Waals surface area contributed by atoms with Crippen molar-refractivity contribution in [1.82, 2.24) is 4.98 Å². The van der Waals surface area contributed by atoms with Crippen LogP contribution in [0.25, 0.3) is 11.1 Å². The van der Waals surface area contributed by atoms with Crippen molar-refractivity contribution in [2.75, 3.05) is 5.73 Å². The van der Waals surface area contributed by atoms with Gasteiger partial charge in [-0.2, -0.15) is 11.3 Å². The molecular weight excluding hydrogens is 220 g/mol. The fourth-order valence-corrected chi connectivity index (χ4v) is 2.33. The molecule has 0 amide bonds. The van der Waals surface area contributed by atoms with Gasteiger partial charge in [0.15, 0.2) is 0 Å². The number of pyridine rings is 1. The van der Waals surface area contributed by atoms with Crippen LogP contribution in [0, 0.1) is 0 Å². The molecule has 2 aromatic heterocycles. The summed E-state index contributed by atoms with van der Waals surface area (Å²) in [5, 5.41) is 3.89. The predicted molar refractivity (Wildman–Crippen MR) is 68.9 cm³/mol. The Bertz CT molecular complexity index is 541. The fraction of sp³-hybridized carbons (Fsp3) is 0.250. The smallest absolute Gasteiger partial charge is 0.256 e. The van der Waals surface area contributed by atoms with Crippen LogP contribution in [-0.2, 0) is 0 Å². The van der Waals surface area contributed by atoms with E-state index in [4.69, 9.17) is 5.73 Å². The third-order valence-corrected chi connectivity index (χ3v) is 3.20. The first kappa shape index (κ1) is 11.0. The van der Waals surface area contributed by atoms with Crippen molar-refractivity contribution in [2.24, 2.45) is 0 Å². The molecule has 0 aliphatic heterocycles. The number of aromatic nitrogens is 1. The van der Waals surface area contributed by atoms with Crippen LogP contribution in [0.5, 0.6) is 0 Å². The van der Waals surface area contributed by atoms with E-state index in [1.807, 2.05) is 30.7 Å². The van der Waals surface area contributed by atoms with E-state index in [2.05, 4.69) is 4.98 Å². The summed E-state index contributed by atoms with van der Waals surface area (Å²) in [6.45, 7) is 4.01. The standard InChI is InChI=1S/C12H14N2OS/c1-7(2)11-10(13)5-9(12(15)14-11)8-3-4-16-6-8/h3-7H,13H2,1-2H3,(H,14,15). The first-order chi connectivity index (χ1) is 7.59. The summed E-state index contributed by atoms with van der Waals surface area (Å²) in [6, 6.07) is 3.68. The van der Waals surface area contributed by atoms with E-state index in [0.29, 0.717) is 11.3 Å². The Balaban J connectivity index is 2.59. The molecule has 0 aliphatic carbocycles. The van der Waals surface area contributed by atoms with Gasteiger partial charge in [0.2, 0.25) is 0 Å². The van der Waals surface area contributed by atoms with Crippen LogP contribution in [0.15, 0.2) is 27.7 Å². The molecule has 16 heavy (non-hydrogen) atoms. The van der Waals surface area contributed by atoms with E-state index in [1.165, 1.54) is 0 Å². The zero-order chi connectivity index (χ0) is 11.7. The number of nitrogens with one attached hydrogen (secondary N) is 1. The van der Waals surface area contributed by atoms with Gasteiger partial charge in [-0.1, -0.05) is 13.8 Å². The van der Waals surface area contributed by atoms with Crippen molar-refractivity contribution in [3.63, 3.8) is 0 Å². The van der Waals surface area contributed by atoms with Crippen molar-refractivity contribution >= 4 is 17.0 Å². The summed E-state index contributed by atoms with van der Waals surface area (Å²) in [7, 11) is 0. The number of H-pyrrole nitrogens is 1. The van der Waals surface area contributed by atoms with Crippen LogP contribution in [0.3, 0.4) is 0 Å². The van der Waals surface area contributed by atoms with Crippen molar-refractivity contribution in [3.05, 3.63) is 38.9 Å². The van der Waals surface area contributed by atoms with Gasteiger partial charge in [0.05, 0.1) is 5.69 Å². The minimum atomic E-state index is -0.0729. The van der Waals surface area contributed by atoms with Gasteiger partial charge in [-0.3, -0.25) is 4.79 Å². The summed E-state index contributed by atoms with van der Waals surface area (Å²) < 4.78 is 0. The number of rotatable bonds is 2. The maximum atomic E-state index is 11.9. The molecule has 4 heteroatoms. The number of hydrogen-bond donors (Lipinski definition) is 2. The summed E-state index contributed by atoms with van der Waals surface area (Å²) >= 11 is 1.57. The first-order valence-electron chi connectivity index (χ1n) is 5.15. The van der Waals surface area contributed by atoms with E-state index in [0.717, 1.165) is 11.3 Å². The highest BCUT2D eigenvalue weighted by Crippen LogP contribution is 2.24. The number of nitrogens with two attached hydrogens (primary N) is 1. The van der Waals surface area contributed by atoms with Gasteiger partial charge in [0, 0.05) is 11.3 Å². The lowest BCUT2D eigenvalue weighted by atomic mass is 10.0. The lowest BCUT2D eigenvalue weighted by Gasteiger charge is -2.10. The van der Waals surface area contributed by atoms with Gasteiger partial charge in [0.1, 0.15) is 0 Å². The zero-order valence-electron chi connectivity index (χ0n) is 9.28. The average molecular weight is 234 g/mol. The first-order valence-corrected chi connectivity index (χ1v) is 6.09. The molecule has 84 valence electrons. The third-order valence-electron chi connectivity index (χ3n) is 2.51. The minimum absolute atomic E-state index is 0.0729. The summed E-state index contributed by atoms with van der Waals surface area (Å²) in [5.41, 5.74) is 8.88. The Hall–Kier alpha value is -1.55. The van der Waals surface area contributed by atoms with Gasteiger partial charge >= 0.3 is 0 Å². The number of aromatic amines is 1. The van der Waals surface area contributed by atoms with Crippen LogP contribution in [-0.4, -0.2) is 4.98 Å². The second-order valence-electron chi connectivity index (χ2n) is 4.05. The molecule has 0 aromatic carbocycles. The molecule has 2 rings (SSSR count). The van der Waals surface area contributed by atoms with Crippen molar-refractivity contribution in [2.45, 2.75) is 19.8 Å². The minimum Gasteiger partial charge on any atom is -0.397 e. The monoisotopic (exact) mass is 234 g/mol. The molecule has 0 saturated carbocycles. The van der Waals surface area contributed by atoms with Crippen LogP contribution in [0.1, 0.15) is 25.5 Å². The summed E-state index contributed by atoms with van der Waals surface area (Å²) in [6.07, 6.45) is 0. The van der Waals surface area contributed by atoms with Gasteiger partial charge in [-0.05, 0) is 34.4 Å². The molecular formula is C12H14N2OS. The highest BCUT2D eigenvalue weighted by molar-refractivity contribution is 7.08. The maximum Gasteiger partial charge on any atom is 0.256 e. The quantitative estimate of drug-likeness (QED) is 0.839. The maximum absolute atomic E-state index is 11.9. The summed E-state index contributed by atoms with van der Waals surface area (Å²) in [4.78, 5) is 14.7. The van der Waals surface area contributed by atoms with Gasteiger partial charge in [0.25, 0.3) is 5.56 Å². The Kier molecular flexibility index (Phi) is 2.83. The largest absolute Gasteiger partial charge is 0.397 e. The van der Waals surface area contributed by atoms with Crippen LogP contribution in [0.2, 0.25) is 0 Å². The molecule has 3 N–H and O–H groups in total. The SMILES string of the molecule is CC(C)c1[nH]c(=O)c(-c2ccsc2)cc1N. The lowest BCUT2D eigenvalue weighted by Crippen LogP contribution is -2.14. The molecule has 3 nitrogen and oxygen atoms in total. The Labute approximate surface area is 97.9 Å². The molecule has 0 aliphatic rings. The molecule has 0 spiro atoms. The van der Waals surface area contributed by atoms with Gasteiger partial charge < -0.3 is 10.7 Å². The molecule has 0 fully saturated rings. The van der Waals surface area contributed by atoms with E-state index < -0.39 is 0 Å². The Morgan fingerprint density at radius 3 is 2.75 bits per heavy atom. The molecule has 0 unspecified atom stereocenters. The van der Waals surface area contributed by atoms with Crippen molar-refractivity contribution in [1.29, 1.82) is 0 Å². The number of hydrogen-bond acceptors (Lipinski definition) is 3. The fourth-order valence-electron chi connectivity index (χ4n) is 1.67. The van der Waals surface area contributed by atoms with E-state index >= 15 is 0 Å². The highest BCUT2D eigenvalue weighted by atomic mass is 32.1. The molecule has 2 heterocycles. The van der Waals surface area contributed by atoms with Crippen molar-refractivity contribution < 1.29 is 0 Å². The van der Waals surface area contributed by atoms with E-state index in [9.17, 15) is 4.79 Å². The van der Waals surface area contributed by atoms with Gasteiger partial charge in [-0.15, -0.1) is 0 Å². The van der Waals surface area contributed by atoms with Crippen LogP contribution in [0.4, 0.5) is 5.69 Å². The van der Waals surface area contributed by atoms with Gasteiger partial charge in [-0.25, -0.2) is 0 Å². The normalized spacial score (nSPS) is 10.9. The second kappa shape index (κ2) is 4.14. The molecule has 0 saturated heterocycles. The molecule has 2 aromatic rings. The van der Waals surface area contributed by atoms with Crippen LogP contribution >= 0.6 is 11.3 Å². The lowest BCUT2D eigenvalue weighted by molar-refractivity contribution is 0.820. The molecule has 0 atom stereocenters. The topological polar surface area (TPSA) is 58.9 Å². The van der Waals surface area contributed by atoms with E-state index in [-0.39, 0.29) is 11.5 Å². The van der Waals surface area contributed by atoms with Crippen LogP contribution < -0.4 is 11.3 Å². The zero-order valence-corrected chi connectivity index (χ0v) is 10.1. The second-order valence-corrected chi connectivity index (χ2v) is 4.83. The average Bonchev–Trinajstić information content (AvgIpc) is 2.73. The molecule has 0 bridgehead atoms. The molecule has 0 radical (unpaired) electrons. The third kappa shape index (κ3) is 1.88. The number of anilines is 1. The highest BCUT2D eigenvalue weighted by Gasteiger charge is 2.10. The van der Waals surface area contributed by atoms with Crippen molar-refractivity contribution in [3.8, 4) is 11.1 Å². The number of nitrogen functional groups attached to an aromatic ring is 1. The predicted octanol–water partition coefficient (Wildman–Crippen LogP) is 2.81. The summed E-state index contributed by atoms with van der Waals surface area (Å²) in [5.74, 6) is 0.226. The number of thiophene rings is 1. The van der Waals surface area contributed by atoms with E-state index in [1.54, 1.807) is 17.4 Å². The Morgan fingerprint density at radius 1 is 1.44 bits per heavy atom.